The molecule has 0 spiro atoms. The van der Waals surface area contributed by atoms with E-state index >= 15 is 0 Å². The Labute approximate surface area is 183 Å². The van der Waals surface area contributed by atoms with Crippen LogP contribution in [-0.2, 0) is 17.8 Å². The van der Waals surface area contributed by atoms with E-state index in [1.54, 1.807) is 23.0 Å². The summed E-state index contributed by atoms with van der Waals surface area (Å²) in [5, 5.41) is 8.75. The summed E-state index contributed by atoms with van der Waals surface area (Å²) in [6.45, 7) is 8.03. The number of fused-ring (bicyclic) bond motifs is 3. The summed E-state index contributed by atoms with van der Waals surface area (Å²) in [5.41, 5.74) is 2.80. The van der Waals surface area contributed by atoms with Gasteiger partial charge in [0.25, 0.3) is 0 Å². The van der Waals surface area contributed by atoms with Gasteiger partial charge in [0.15, 0.2) is 5.65 Å². The van der Waals surface area contributed by atoms with Crippen molar-refractivity contribution in [2.45, 2.75) is 26.9 Å². The molecule has 0 saturated carbocycles. The van der Waals surface area contributed by atoms with E-state index < -0.39 is 0 Å². The number of methoxy groups -OCH3 is 1. The van der Waals surface area contributed by atoms with Crippen LogP contribution in [0.5, 0.6) is 5.75 Å². The highest BCUT2D eigenvalue weighted by Gasteiger charge is 2.32. The molecule has 1 N–H and O–H groups in total. The maximum absolute atomic E-state index is 13.2. The van der Waals surface area contributed by atoms with Crippen LogP contribution in [0.2, 0.25) is 0 Å². The first kappa shape index (κ1) is 20.2. The Morgan fingerprint density at radius 3 is 2.74 bits per heavy atom. The second kappa shape index (κ2) is 7.74. The second-order valence-corrected chi connectivity index (χ2v) is 9.53. The Kier molecular flexibility index (Phi) is 5.04. The number of rotatable bonds is 7. The molecule has 1 saturated heterocycles. The van der Waals surface area contributed by atoms with Gasteiger partial charge in [-0.05, 0) is 30.2 Å². The van der Waals surface area contributed by atoms with E-state index in [1.165, 1.54) is 15.7 Å². The Bertz CT molecular complexity index is 1300. The number of benzene rings is 1. The highest BCUT2D eigenvalue weighted by Crippen LogP contribution is 2.33. The van der Waals surface area contributed by atoms with E-state index in [4.69, 9.17) is 9.47 Å². The molecule has 0 aliphatic carbocycles. The van der Waals surface area contributed by atoms with Gasteiger partial charge < -0.3 is 14.8 Å². The van der Waals surface area contributed by atoms with Crippen LogP contribution < -0.4 is 15.7 Å². The van der Waals surface area contributed by atoms with Gasteiger partial charge in [-0.3, -0.25) is 4.57 Å². The summed E-state index contributed by atoms with van der Waals surface area (Å²) in [7, 11) is 1.64. The average molecular weight is 440 g/mol. The Balaban J connectivity index is 1.54. The zero-order valence-corrected chi connectivity index (χ0v) is 18.7. The normalized spacial score (nSPS) is 15.5. The number of thiophene rings is 1. The van der Waals surface area contributed by atoms with E-state index in [9.17, 15) is 4.79 Å². The largest absolute Gasteiger partial charge is 0.497 e. The Morgan fingerprint density at radius 1 is 1.29 bits per heavy atom. The smallest absolute Gasteiger partial charge is 0.352 e. The predicted octanol–water partition coefficient (Wildman–Crippen LogP) is 2.60. The summed E-state index contributed by atoms with van der Waals surface area (Å²) in [6.07, 6.45) is 1.44. The summed E-state index contributed by atoms with van der Waals surface area (Å²) in [4.78, 5) is 19.7. The summed E-state index contributed by atoms with van der Waals surface area (Å²) in [6, 6.07) is 7.77. The van der Waals surface area contributed by atoms with Gasteiger partial charge in [-0.1, -0.05) is 19.1 Å². The van der Waals surface area contributed by atoms with E-state index in [-0.39, 0.29) is 11.1 Å². The van der Waals surface area contributed by atoms with Crippen LogP contribution >= 0.6 is 11.3 Å². The molecule has 1 aliphatic rings. The van der Waals surface area contributed by atoms with Crippen LogP contribution in [0.3, 0.4) is 0 Å². The first-order valence-corrected chi connectivity index (χ1v) is 11.1. The van der Waals surface area contributed by atoms with Crippen molar-refractivity contribution in [1.82, 2.24) is 24.5 Å². The monoisotopic (exact) mass is 439 g/mol. The van der Waals surface area contributed by atoms with Crippen LogP contribution in [0.1, 0.15) is 22.9 Å². The molecular weight excluding hydrogens is 414 g/mol. The van der Waals surface area contributed by atoms with Crippen molar-refractivity contribution >= 4 is 27.2 Å². The van der Waals surface area contributed by atoms with Crippen molar-refractivity contribution in [3.63, 3.8) is 0 Å². The molecule has 8 nitrogen and oxygen atoms in total. The SMILES string of the molecule is COc1ccc(Cn2c(=O)n3ncnc3c3c(C)c(CNCC4(C)COC4)sc32)cc1. The first-order valence-electron chi connectivity index (χ1n) is 10.2. The highest BCUT2D eigenvalue weighted by atomic mass is 32.1. The molecule has 0 atom stereocenters. The fraction of sp³-hybridized carbons (Fsp3) is 0.409. The fourth-order valence-electron chi connectivity index (χ4n) is 4.00. The van der Waals surface area contributed by atoms with Crippen LogP contribution in [0, 0.1) is 12.3 Å². The lowest BCUT2D eigenvalue weighted by atomic mass is 9.89. The minimum Gasteiger partial charge on any atom is -0.497 e. The lowest BCUT2D eigenvalue weighted by Crippen LogP contribution is -2.47. The van der Waals surface area contributed by atoms with Gasteiger partial charge in [0.05, 0.1) is 32.3 Å². The number of hydrogen-bond donors (Lipinski definition) is 1. The van der Waals surface area contributed by atoms with Crippen LogP contribution in [0.4, 0.5) is 0 Å². The van der Waals surface area contributed by atoms with Crippen molar-refractivity contribution < 1.29 is 9.47 Å². The van der Waals surface area contributed by atoms with E-state index in [2.05, 4.69) is 29.2 Å². The molecule has 4 heterocycles. The fourth-order valence-corrected chi connectivity index (χ4v) is 5.26. The van der Waals surface area contributed by atoms with E-state index in [1.807, 2.05) is 24.3 Å². The van der Waals surface area contributed by atoms with E-state index in [0.29, 0.717) is 12.2 Å². The minimum atomic E-state index is -0.185. The van der Waals surface area contributed by atoms with Crippen LogP contribution in [0.15, 0.2) is 35.4 Å². The quantitative estimate of drug-likeness (QED) is 0.477. The van der Waals surface area contributed by atoms with Crippen molar-refractivity contribution in [3.8, 4) is 5.75 Å². The Hall–Kier alpha value is -2.75. The first-order chi connectivity index (χ1) is 15.0. The average Bonchev–Trinajstić information content (AvgIpc) is 3.35. The number of ether oxygens (including phenoxy) is 2. The number of nitrogens with one attached hydrogen (secondary N) is 1. The lowest BCUT2D eigenvalue weighted by molar-refractivity contribution is -0.0991. The molecular formula is C22H25N5O3S. The minimum absolute atomic E-state index is 0.185. The number of aromatic nitrogens is 4. The van der Waals surface area contributed by atoms with Gasteiger partial charge in [0, 0.05) is 23.4 Å². The van der Waals surface area contributed by atoms with Gasteiger partial charge >= 0.3 is 5.69 Å². The molecule has 9 heteroatoms. The maximum Gasteiger partial charge on any atom is 0.352 e. The molecule has 3 aromatic heterocycles. The number of nitrogens with zero attached hydrogens (tertiary/aromatic N) is 4. The van der Waals surface area contributed by atoms with Crippen LogP contribution in [0.25, 0.3) is 15.9 Å². The zero-order valence-electron chi connectivity index (χ0n) is 17.8. The van der Waals surface area contributed by atoms with Crippen molar-refractivity contribution in [2.75, 3.05) is 26.9 Å². The molecule has 5 rings (SSSR count). The van der Waals surface area contributed by atoms with E-state index in [0.717, 1.165) is 53.4 Å². The van der Waals surface area contributed by atoms with Gasteiger partial charge in [0.2, 0.25) is 0 Å². The number of aryl methyl sites for hydroxylation is 1. The lowest BCUT2D eigenvalue weighted by Gasteiger charge is -2.38. The molecule has 1 aliphatic heterocycles. The van der Waals surface area contributed by atoms with Gasteiger partial charge in [-0.2, -0.15) is 9.61 Å². The summed E-state index contributed by atoms with van der Waals surface area (Å²) in [5.74, 6) is 0.791. The zero-order chi connectivity index (χ0) is 21.6. The number of hydrogen-bond acceptors (Lipinski definition) is 7. The van der Waals surface area contributed by atoms with Crippen molar-refractivity contribution in [3.05, 3.63) is 57.1 Å². The van der Waals surface area contributed by atoms with Crippen molar-refractivity contribution in [2.24, 2.45) is 5.41 Å². The molecule has 1 aromatic carbocycles. The van der Waals surface area contributed by atoms with Gasteiger partial charge in [0.1, 0.15) is 16.9 Å². The standard InChI is InChI=1S/C22H25N5O3S/c1-14-17(8-23-10-22(2)11-30-12-22)31-20-18(14)19-24-13-25-27(19)21(28)26(20)9-15-4-6-16(29-3)7-5-15/h4-7,13,23H,8-12H2,1-3H3. The third-order valence-corrected chi connectivity index (χ3v) is 7.21. The molecule has 0 unspecified atom stereocenters. The maximum atomic E-state index is 13.2. The highest BCUT2D eigenvalue weighted by molar-refractivity contribution is 7.19. The summed E-state index contributed by atoms with van der Waals surface area (Å²) < 4.78 is 13.8. The molecule has 31 heavy (non-hydrogen) atoms. The molecule has 0 bridgehead atoms. The molecule has 0 radical (unpaired) electrons. The van der Waals surface area contributed by atoms with Gasteiger partial charge in [-0.15, -0.1) is 11.3 Å². The third kappa shape index (κ3) is 3.52. The second-order valence-electron chi connectivity index (χ2n) is 8.45. The van der Waals surface area contributed by atoms with Crippen molar-refractivity contribution in [1.29, 1.82) is 0 Å². The summed E-state index contributed by atoms with van der Waals surface area (Å²) >= 11 is 1.65. The molecule has 0 amide bonds. The van der Waals surface area contributed by atoms with Crippen LogP contribution in [-0.4, -0.2) is 46.0 Å². The molecule has 1 fully saturated rings. The predicted molar refractivity (Wildman–Crippen MR) is 120 cm³/mol. The topological polar surface area (TPSA) is 82.7 Å². The molecule has 162 valence electrons. The van der Waals surface area contributed by atoms with Gasteiger partial charge in [-0.25, -0.2) is 9.78 Å². The third-order valence-electron chi connectivity index (χ3n) is 5.89. The Morgan fingerprint density at radius 2 is 2.06 bits per heavy atom. The molecule has 4 aromatic rings.